The van der Waals surface area contributed by atoms with E-state index in [0.29, 0.717) is 12.1 Å². The molecule has 20 heavy (non-hydrogen) atoms. The molecule has 0 atom stereocenters. The van der Waals surface area contributed by atoms with E-state index in [4.69, 9.17) is 0 Å². The number of hydrogen-bond acceptors (Lipinski definition) is 3. The maximum Gasteiger partial charge on any atom is 0.418 e. The van der Waals surface area contributed by atoms with E-state index in [-0.39, 0.29) is 5.33 Å². The number of amides is 1. The molecule has 110 valence electrons. The number of carbonyl (C=O) groups is 2. The van der Waals surface area contributed by atoms with Gasteiger partial charge in [0.1, 0.15) is 5.82 Å². The van der Waals surface area contributed by atoms with E-state index in [1.165, 1.54) is 0 Å². The summed E-state index contributed by atoms with van der Waals surface area (Å²) in [4.78, 5) is 22.3. The second-order valence-corrected chi connectivity index (χ2v) is 4.11. The van der Waals surface area contributed by atoms with Gasteiger partial charge in [0.25, 0.3) is 0 Å². The van der Waals surface area contributed by atoms with E-state index in [2.05, 4.69) is 20.7 Å². The summed E-state index contributed by atoms with van der Waals surface area (Å²) in [6, 6.07) is 0.976. The average molecular weight is 358 g/mol. The summed E-state index contributed by atoms with van der Waals surface area (Å²) in [5.41, 5.74) is -3.10. The Bertz CT molecular complexity index is 545. The predicted octanol–water partition coefficient (Wildman–Crippen LogP) is 2.96. The van der Waals surface area contributed by atoms with E-state index < -0.39 is 40.7 Å². The van der Waals surface area contributed by atoms with E-state index >= 15 is 0 Å². The molecule has 0 saturated heterocycles. The lowest BCUT2D eigenvalue weighted by Crippen LogP contribution is -2.19. The van der Waals surface area contributed by atoms with Gasteiger partial charge < -0.3 is 10.1 Å². The zero-order valence-electron chi connectivity index (χ0n) is 9.98. The molecule has 0 radical (unpaired) electrons. The number of alkyl halides is 4. The first-order valence-corrected chi connectivity index (χ1v) is 6.17. The molecule has 0 aliphatic carbocycles. The van der Waals surface area contributed by atoms with Crippen molar-refractivity contribution in [2.24, 2.45) is 0 Å². The summed E-state index contributed by atoms with van der Waals surface area (Å²) >= 11 is 2.73. The van der Waals surface area contributed by atoms with Gasteiger partial charge in [-0.3, -0.25) is 4.79 Å². The third-order valence-corrected chi connectivity index (χ3v) is 2.71. The molecule has 0 aliphatic heterocycles. The standard InChI is InChI=1S/C11H8BrF4NO3/c1-20-10(19)5-2-6(11(14,15)16)9(7(13)3-5)17-8(18)4-12/h2-3H,4H2,1H3,(H,17,18). The summed E-state index contributed by atoms with van der Waals surface area (Å²) in [5, 5.41) is 1.48. The Morgan fingerprint density at radius 1 is 1.35 bits per heavy atom. The normalized spacial score (nSPS) is 11.1. The number of rotatable bonds is 3. The van der Waals surface area contributed by atoms with Crippen molar-refractivity contribution in [3.05, 3.63) is 29.1 Å². The highest BCUT2D eigenvalue weighted by molar-refractivity contribution is 9.09. The molecule has 0 bridgehead atoms. The van der Waals surface area contributed by atoms with E-state index in [9.17, 15) is 27.2 Å². The Balaban J connectivity index is 3.43. The molecule has 1 aromatic rings. The lowest BCUT2D eigenvalue weighted by Gasteiger charge is -2.15. The molecule has 9 heteroatoms. The minimum Gasteiger partial charge on any atom is -0.465 e. The first-order chi connectivity index (χ1) is 9.20. The number of nitrogens with one attached hydrogen (secondary N) is 1. The van der Waals surface area contributed by atoms with Crippen molar-refractivity contribution >= 4 is 33.5 Å². The van der Waals surface area contributed by atoms with Gasteiger partial charge in [-0.1, -0.05) is 15.9 Å². The molecular weight excluding hydrogens is 350 g/mol. The highest BCUT2D eigenvalue weighted by Crippen LogP contribution is 2.37. The number of hydrogen-bond donors (Lipinski definition) is 1. The second-order valence-electron chi connectivity index (χ2n) is 3.55. The molecule has 1 N–H and O–H groups in total. The van der Waals surface area contributed by atoms with E-state index in [1.807, 2.05) is 0 Å². The third kappa shape index (κ3) is 3.69. The molecule has 1 aromatic carbocycles. The molecule has 0 saturated carbocycles. The van der Waals surface area contributed by atoms with Gasteiger partial charge in [-0.2, -0.15) is 13.2 Å². The van der Waals surface area contributed by atoms with Crippen molar-refractivity contribution in [3.8, 4) is 0 Å². The van der Waals surface area contributed by atoms with Crippen LogP contribution in [0.2, 0.25) is 0 Å². The van der Waals surface area contributed by atoms with Crippen LogP contribution in [0.5, 0.6) is 0 Å². The zero-order valence-corrected chi connectivity index (χ0v) is 11.6. The maximum atomic E-state index is 13.7. The van der Waals surface area contributed by atoms with Crippen LogP contribution in [0.1, 0.15) is 15.9 Å². The smallest absolute Gasteiger partial charge is 0.418 e. The lowest BCUT2D eigenvalue weighted by atomic mass is 10.1. The SMILES string of the molecule is COC(=O)c1cc(F)c(NC(=O)CBr)c(C(F)(F)F)c1. The molecule has 0 heterocycles. The van der Waals surface area contributed by atoms with Crippen LogP contribution < -0.4 is 5.32 Å². The molecule has 0 unspecified atom stereocenters. The van der Waals surface area contributed by atoms with E-state index in [0.717, 1.165) is 7.11 Å². The van der Waals surface area contributed by atoms with Gasteiger partial charge in [0.15, 0.2) is 0 Å². The van der Waals surface area contributed by atoms with Crippen LogP contribution in [0.15, 0.2) is 12.1 Å². The van der Waals surface area contributed by atoms with Crippen molar-refractivity contribution in [2.45, 2.75) is 6.18 Å². The third-order valence-electron chi connectivity index (χ3n) is 2.20. The van der Waals surface area contributed by atoms with Gasteiger partial charge in [0.2, 0.25) is 5.91 Å². The average Bonchev–Trinajstić information content (AvgIpc) is 2.38. The Labute approximate surface area is 119 Å². The summed E-state index contributed by atoms with van der Waals surface area (Å²) in [6.45, 7) is 0. The Kier molecular flexibility index (Phi) is 5.09. The van der Waals surface area contributed by atoms with Crippen LogP contribution in [-0.2, 0) is 15.7 Å². The molecule has 1 rings (SSSR count). The number of halogens is 5. The van der Waals surface area contributed by atoms with Crippen LogP contribution in [0.3, 0.4) is 0 Å². The fourth-order valence-corrected chi connectivity index (χ4v) is 1.51. The lowest BCUT2D eigenvalue weighted by molar-refractivity contribution is -0.137. The molecule has 0 aliphatic rings. The second kappa shape index (κ2) is 6.21. The predicted molar refractivity (Wildman–Crippen MR) is 65.2 cm³/mol. The van der Waals surface area contributed by atoms with Gasteiger partial charge in [0.05, 0.1) is 29.3 Å². The minimum absolute atomic E-state index is 0.303. The highest BCUT2D eigenvalue weighted by Gasteiger charge is 2.36. The van der Waals surface area contributed by atoms with Crippen LogP contribution >= 0.6 is 15.9 Å². The molecule has 1 amide bonds. The molecule has 0 spiro atoms. The van der Waals surface area contributed by atoms with Crippen LogP contribution in [0.25, 0.3) is 0 Å². The number of carbonyl (C=O) groups excluding carboxylic acids is 2. The number of ether oxygens (including phenoxy) is 1. The van der Waals surface area contributed by atoms with Crippen molar-refractivity contribution in [2.75, 3.05) is 17.8 Å². The van der Waals surface area contributed by atoms with Crippen LogP contribution in [0.4, 0.5) is 23.2 Å². The minimum atomic E-state index is -4.94. The number of anilines is 1. The molecule has 0 aromatic heterocycles. The summed E-state index contributed by atoms with van der Waals surface area (Å²) in [5.74, 6) is -3.36. The van der Waals surface area contributed by atoms with Crippen molar-refractivity contribution in [3.63, 3.8) is 0 Å². The Morgan fingerprint density at radius 3 is 2.40 bits per heavy atom. The molecule has 0 fully saturated rings. The summed E-state index contributed by atoms with van der Waals surface area (Å²) in [7, 11) is 0.952. The molecule has 4 nitrogen and oxygen atoms in total. The number of benzene rings is 1. The highest BCUT2D eigenvalue weighted by atomic mass is 79.9. The zero-order chi connectivity index (χ0) is 15.5. The summed E-state index contributed by atoms with van der Waals surface area (Å²) < 4.78 is 56.5. The number of methoxy groups -OCH3 is 1. The fraction of sp³-hybridized carbons (Fsp3) is 0.273. The van der Waals surface area contributed by atoms with Gasteiger partial charge in [-0.25, -0.2) is 9.18 Å². The molecular formula is C11H8BrF4NO3. The monoisotopic (exact) mass is 357 g/mol. The topological polar surface area (TPSA) is 55.4 Å². The first-order valence-electron chi connectivity index (χ1n) is 5.05. The van der Waals surface area contributed by atoms with E-state index in [1.54, 1.807) is 5.32 Å². The van der Waals surface area contributed by atoms with Crippen molar-refractivity contribution < 1.29 is 31.9 Å². The Morgan fingerprint density at radius 2 is 1.95 bits per heavy atom. The Hall–Kier alpha value is -1.64. The van der Waals surface area contributed by atoms with Crippen molar-refractivity contribution in [1.29, 1.82) is 0 Å². The quantitative estimate of drug-likeness (QED) is 0.514. The first kappa shape index (κ1) is 16.4. The van der Waals surface area contributed by atoms with Gasteiger partial charge in [0, 0.05) is 0 Å². The van der Waals surface area contributed by atoms with Gasteiger partial charge in [-0.15, -0.1) is 0 Å². The van der Waals surface area contributed by atoms with Gasteiger partial charge >= 0.3 is 12.1 Å². The van der Waals surface area contributed by atoms with Crippen LogP contribution in [-0.4, -0.2) is 24.3 Å². The largest absolute Gasteiger partial charge is 0.465 e. The number of esters is 1. The maximum absolute atomic E-state index is 13.7. The summed E-state index contributed by atoms with van der Waals surface area (Å²) in [6.07, 6.45) is -4.94. The van der Waals surface area contributed by atoms with Crippen LogP contribution in [0, 0.1) is 5.82 Å². The van der Waals surface area contributed by atoms with Crippen molar-refractivity contribution in [1.82, 2.24) is 0 Å². The van der Waals surface area contributed by atoms with Gasteiger partial charge in [-0.05, 0) is 12.1 Å². The fourth-order valence-electron chi connectivity index (χ4n) is 1.37.